The quantitative estimate of drug-likeness (QED) is 0.232. The first-order valence-electron chi connectivity index (χ1n) is 8.77. The van der Waals surface area contributed by atoms with Gasteiger partial charge in [-0.25, -0.2) is 0 Å². The molecule has 2 aromatic carbocycles. The molecule has 0 aliphatic heterocycles. The Morgan fingerprint density at radius 3 is 2.66 bits per heavy atom. The molecule has 7 nitrogen and oxygen atoms in total. The fourth-order valence-corrected chi connectivity index (χ4v) is 4.52. The topological polar surface area (TPSA) is 83.1 Å². The van der Waals surface area contributed by atoms with Crippen molar-refractivity contribution in [3.8, 4) is 11.4 Å². The summed E-state index contributed by atoms with van der Waals surface area (Å²) in [6.45, 7) is 3.89. The standard InChI is InChI=1S/C19H18BrClN4O3S/c1-3-28-17-9-4-13(20)10-16(17)18(11-24(26)27)29-19-23-22-12(2)25(19)15-7-5-14(21)6-8-15/h4-10,18H,3,11H2,1-2H3/t18-/m1/s1. The van der Waals surface area contributed by atoms with Crippen LogP contribution in [0.4, 0.5) is 0 Å². The van der Waals surface area contributed by atoms with Gasteiger partial charge in [0.25, 0.3) is 0 Å². The van der Waals surface area contributed by atoms with Gasteiger partial charge in [0.1, 0.15) is 16.8 Å². The molecule has 0 aliphatic carbocycles. The average molecular weight is 498 g/mol. The molecule has 29 heavy (non-hydrogen) atoms. The smallest absolute Gasteiger partial charge is 0.220 e. The van der Waals surface area contributed by atoms with Gasteiger partial charge in [0.2, 0.25) is 6.54 Å². The lowest BCUT2D eigenvalue weighted by atomic mass is 10.1. The number of aryl methyl sites for hydroxylation is 1. The van der Waals surface area contributed by atoms with E-state index in [1.165, 1.54) is 11.8 Å². The monoisotopic (exact) mass is 496 g/mol. The lowest BCUT2D eigenvalue weighted by Crippen LogP contribution is -2.12. The second kappa shape index (κ2) is 9.60. The maximum Gasteiger partial charge on any atom is 0.220 e. The molecular formula is C19H18BrClN4O3S. The minimum atomic E-state index is -0.515. The summed E-state index contributed by atoms with van der Waals surface area (Å²) in [7, 11) is 0. The number of nitrogens with zero attached hydrogens (tertiary/aromatic N) is 4. The molecule has 0 fully saturated rings. The maximum absolute atomic E-state index is 11.4. The van der Waals surface area contributed by atoms with Gasteiger partial charge in [-0.05, 0) is 56.3 Å². The number of hydrogen-bond acceptors (Lipinski definition) is 6. The third kappa shape index (κ3) is 5.29. The third-order valence-electron chi connectivity index (χ3n) is 4.06. The fraction of sp³-hybridized carbons (Fsp3) is 0.263. The minimum absolute atomic E-state index is 0.284. The third-order valence-corrected chi connectivity index (χ3v) is 5.97. The molecule has 1 aromatic heterocycles. The second-order valence-corrected chi connectivity index (χ2v) is 8.60. The van der Waals surface area contributed by atoms with Gasteiger partial charge in [-0.1, -0.05) is 39.3 Å². The van der Waals surface area contributed by atoms with Crippen molar-refractivity contribution in [2.24, 2.45) is 0 Å². The Labute approximate surface area is 185 Å². The average Bonchev–Trinajstić information content (AvgIpc) is 3.03. The van der Waals surface area contributed by atoms with Crippen LogP contribution in [0.15, 0.2) is 52.1 Å². The highest BCUT2D eigenvalue weighted by molar-refractivity contribution is 9.10. The van der Waals surface area contributed by atoms with Gasteiger partial charge in [0, 0.05) is 25.7 Å². The van der Waals surface area contributed by atoms with Gasteiger partial charge >= 0.3 is 0 Å². The number of rotatable bonds is 8. The van der Waals surface area contributed by atoms with Crippen molar-refractivity contribution in [3.05, 3.63) is 73.5 Å². The van der Waals surface area contributed by atoms with Crippen LogP contribution in [0.2, 0.25) is 5.02 Å². The number of thioether (sulfide) groups is 1. The first-order chi connectivity index (χ1) is 13.9. The van der Waals surface area contributed by atoms with Crippen LogP contribution in [0.5, 0.6) is 5.75 Å². The van der Waals surface area contributed by atoms with E-state index in [4.69, 9.17) is 16.3 Å². The zero-order valence-corrected chi connectivity index (χ0v) is 18.9. The number of hydrogen-bond donors (Lipinski definition) is 0. The Bertz CT molecular complexity index is 1010. The molecule has 0 saturated heterocycles. The normalized spacial score (nSPS) is 12.0. The van der Waals surface area contributed by atoms with E-state index in [-0.39, 0.29) is 11.5 Å². The summed E-state index contributed by atoms with van der Waals surface area (Å²) in [5, 5.41) is 20.5. The van der Waals surface area contributed by atoms with Crippen molar-refractivity contribution in [3.63, 3.8) is 0 Å². The van der Waals surface area contributed by atoms with Gasteiger partial charge < -0.3 is 4.74 Å². The number of halogens is 2. The Morgan fingerprint density at radius 1 is 1.28 bits per heavy atom. The zero-order chi connectivity index (χ0) is 21.0. The van der Waals surface area contributed by atoms with Crippen LogP contribution in [-0.4, -0.2) is 32.8 Å². The highest BCUT2D eigenvalue weighted by atomic mass is 79.9. The van der Waals surface area contributed by atoms with E-state index >= 15 is 0 Å². The molecule has 3 rings (SSSR count). The largest absolute Gasteiger partial charge is 0.494 e. The van der Waals surface area contributed by atoms with Gasteiger partial charge in [-0.3, -0.25) is 14.7 Å². The number of benzene rings is 2. The molecule has 0 amide bonds. The molecule has 152 valence electrons. The molecule has 0 radical (unpaired) electrons. The molecule has 0 saturated carbocycles. The van der Waals surface area contributed by atoms with Crippen LogP contribution in [0.25, 0.3) is 5.69 Å². The Kier molecular flexibility index (Phi) is 7.15. The zero-order valence-electron chi connectivity index (χ0n) is 15.7. The van der Waals surface area contributed by atoms with Crippen molar-refractivity contribution in [1.29, 1.82) is 0 Å². The summed E-state index contributed by atoms with van der Waals surface area (Å²) in [6, 6.07) is 12.8. The predicted octanol–water partition coefficient (Wildman–Crippen LogP) is 5.50. The molecule has 10 heteroatoms. The molecule has 1 heterocycles. The number of ether oxygens (including phenoxy) is 1. The van der Waals surface area contributed by atoms with E-state index in [1.54, 1.807) is 12.1 Å². The van der Waals surface area contributed by atoms with E-state index in [9.17, 15) is 10.1 Å². The summed E-state index contributed by atoms with van der Waals surface area (Å²) in [5.41, 5.74) is 1.56. The molecular weight excluding hydrogens is 480 g/mol. The minimum Gasteiger partial charge on any atom is -0.494 e. The van der Waals surface area contributed by atoms with Gasteiger partial charge in [-0.2, -0.15) is 0 Å². The molecule has 0 aliphatic rings. The molecule has 1 atom stereocenters. The first kappa shape index (κ1) is 21.6. The summed E-state index contributed by atoms with van der Waals surface area (Å²) in [6.07, 6.45) is 0. The first-order valence-corrected chi connectivity index (χ1v) is 10.8. The van der Waals surface area contributed by atoms with Gasteiger partial charge in [0.15, 0.2) is 5.16 Å². The Morgan fingerprint density at radius 2 is 2.00 bits per heavy atom. The van der Waals surface area contributed by atoms with E-state index < -0.39 is 5.25 Å². The molecule has 3 aromatic rings. The Hall–Kier alpha value is -2.10. The van der Waals surface area contributed by atoms with Crippen LogP contribution in [0.1, 0.15) is 23.6 Å². The van der Waals surface area contributed by atoms with Crippen LogP contribution >= 0.6 is 39.3 Å². The highest BCUT2D eigenvalue weighted by Crippen LogP contribution is 2.41. The van der Waals surface area contributed by atoms with Crippen molar-refractivity contribution in [1.82, 2.24) is 14.8 Å². The fourth-order valence-electron chi connectivity index (χ4n) is 2.83. The predicted molar refractivity (Wildman–Crippen MR) is 117 cm³/mol. The van der Waals surface area contributed by atoms with E-state index in [0.29, 0.717) is 28.4 Å². The van der Waals surface area contributed by atoms with Crippen LogP contribution in [-0.2, 0) is 0 Å². The van der Waals surface area contributed by atoms with Crippen LogP contribution in [0.3, 0.4) is 0 Å². The Balaban J connectivity index is 2.02. The lowest BCUT2D eigenvalue weighted by Gasteiger charge is -2.18. The highest BCUT2D eigenvalue weighted by Gasteiger charge is 2.26. The van der Waals surface area contributed by atoms with E-state index in [1.807, 2.05) is 48.7 Å². The number of aromatic nitrogens is 3. The van der Waals surface area contributed by atoms with Crippen molar-refractivity contribution < 1.29 is 9.66 Å². The van der Waals surface area contributed by atoms with Gasteiger partial charge in [0.05, 0.1) is 6.61 Å². The lowest BCUT2D eigenvalue weighted by molar-refractivity contribution is -0.479. The molecule has 0 bridgehead atoms. The summed E-state index contributed by atoms with van der Waals surface area (Å²) in [4.78, 5) is 11.1. The van der Waals surface area contributed by atoms with E-state index in [0.717, 1.165) is 15.7 Å². The summed E-state index contributed by atoms with van der Waals surface area (Å²) in [5.74, 6) is 1.29. The summed E-state index contributed by atoms with van der Waals surface area (Å²) < 4.78 is 8.38. The van der Waals surface area contributed by atoms with Crippen molar-refractivity contribution in [2.75, 3.05) is 13.2 Å². The van der Waals surface area contributed by atoms with Crippen LogP contribution in [0, 0.1) is 17.0 Å². The summed E-state index contributed by atoms with van der Waals surface area (Å²) >= 11 is 10.7. The number of nitro groups is 1. The molecule has 0 unspecified atom stereocenters. The van der Waals surface area contributed by atoms with Crippen molar-refractivity contribution in [2.45, 2.75) is 24.3 Å². The van der Waals surface area contributed by atoms with Gasteiger partial charge in [-0.15, -0.1) is 10.2 Å². The maximum atomic E-state index is 11.4. The van der Waals surface area contributed by atoms with Crippen molar-refractivity contribution >= 4 is 39.3 Å². The second-order valence-electron chi connectivity index (χ2n) is 6.08. The molecule has 0 spiro atoms. The molecule has 0 N–H and O–H groups in total. The van der Waals surface area contributed by atoms with Crippen LogP contribution < -0.4 is 4.74 Å². The van der Waals surface area contributed by atoms with E-state index in [2.05, 4.69) is 26.1 Å². The SMILES string of the molecule is CCOc1ccc(Br)cc1[C@@H](C[N+](=O)[O-])Sc1nnc(C)n1-c1ccc(Cl)cc1.